The van der Waals surface area contributed by atoms with Gasteiger partial charge in [0.25, 0.3) is 0 Å². The first-order valence-corrected chi connectivity index (χ1v) is 8.76. The van der Waals surface area contributed by atoms with E-state index in [0.29, 0.717) is 22.2 Å². The van der Waals surface area contributed by atoms with Gasteiger partial charge in [-0.1, -0.05) is 37.8 Å². The summed E-state index contributed by atoms with van der Waals surface area (Å²) in [7, 11) is -3.37. The molecule has 1 rings (SSSR count). The lowest BCUT2D eigenvalue weighted by atomic mass is 10.0. The van der Waals surface area contributed by atoms with Crippen LogP contribution in [0.15, 0.2) is 12.1 Å². The average Bonchev–Trinajstić information content (AvgIpc) is 2.29. The molecule has 3 nitrogen and oxygen atoms in total. The van der Waals surface area contributed by atoms with E-state index in [0.717, 1.165) is 31.1 Å². The van der Waals surface area contributed by atoms with Crippen molar-refractivity contribution in [3.8, 4) is 12.3 Å². The summed E-state index contributed by atoms with van der Waals surface area (Å²) < 4.78 is 25.0. The Morgan fingerprint density at radius 2 is 2.05 bits per heavy atom. The van der Waals surface area contributed by atoms with E-state index in [4.69, 9.17) is 18.0 Å². The van der Waals surface area contributed by atoms with Gasteiger partial charge in [0.15, 0.2) is 0 Å². The van der Waals surface area contributed by atoms with E-state index >= 15 is 0 Å². The van der Waals surface area contributed by atoms with Crippen molar-refractivity contribution in [2.45, 2.75) is 33.1 Å². The topological polar surface area (TPSA) is 46.2 Å². The van der Waals surface area contributed by atoms with Gasteiger partial charge in [-0.25, -0.2) is 8.42 Å². The zero-order chi connectivity index (χ0) is 15.3. The molecule has 0 radical (unpaired) electrons. The summed E-state index contributed by atoms with van der Waals surface area (Å²) in [5.41, 5.74) is 1.83. The number of hydrogen-bond acceptors (Lipinski definition) is 2. The lowest BCUT2D eigenvalue weighted by Crippen LogP contribution is -2.11. The number of anilines is 1. The van der Waals surface area contributed by atoms with E-state index in [1.165, 1.54) is 0 Å². The summed E-state index contributed by atoms with van der Waals surface area (Å²) in [5.74, 6) is 3.14. The van der Waals surface area contributed by atoms with Gasteiger partial charge in [0.05, 0.1) is 11.9 Å². The van der Waals surface area contributed by atoms with E-state index in [2.05, 4.69) is 24.5 Å². The Balaban J connectivity index is 2.99. The fraction of sp³-hybridized carbons (Fsp3) is 0.467. The standard InChI is InChI=1S/C15H20ClNO2S/c1-5-12-9-13(8-6-7-11(2)3)14(16)10-15(12)17-20(4,18)19/h1,9-11,17H,6-8H2,2-4H3. The summed E-state index contributed by atoms with van der Waals surface area (Å²) in [6.07, 6.45) is 9.50. The van der Waals surface area contributed by atoms with Crippen LogP contribution in [0.3, 0.4) is 0 Å². The number of benzene rings is 1. The normalized spacial score (nSPS) is 11.4. The highest BCUT2D eigenvalue weighted by molar-refractivity contribution is 7.92. The minimum absolute atomic E-state index is 0.354. The van der Waals surface area contributed by atoms with E-state index in [1.54, 1.807) is 12.1 Å². The van der Waals surface area contributed by atoms with E-state index in [1.807, 2.05) is 0 Å². The van der Waals surface area contributed by atoms with Crippen LogP contribution in [0, 0.1) is 18.3 Å². The first-order chi connectivity index (χ1) is 9.23. The van der Waals surface area contributed by atoms with Crippen molar-refractivity contribution >= 4 is 27.3 Å². The van der Waals surface area contributed by atoms with Crippen LogP contribution in [0.25, 0.3) is 0 Å². The highest BCUT2D eigenvalue weighted by Gasteiger charge is 2.11. The first kappa shape index (κ1) is 16.9. The summed E-state index contributed by atoms with van der Waals surface area (Å²) in [6, 6.07) is 3.37. The molecule has 110 valence electrons. The third-order valence-electron chi connectivity index (χ3n) is 2.87. The molecule has 0 unspecified atom stereocenters. The molecule has 5 heteroatoms. The summed E-state index contributed by atoms with van der Waals surface area (Å²) in [5, 5.41) is 0.541. The van der Waals surface area contributed by atoms with Crippen LogP contribution in [0.5, 0.6) is 0 Å². The largest absolute Gasteiger partial charge is 0.282 e. The van der Waals surface area contributed by atoms with E-state index < -0.39 is 10.0 Å². The molecule has 0 aromatic heterocycles. The zero-order valence-corrected chi connectivity index (χ0v) is 13.6. The monoisotopic (exact) mass is 313 g/mol. The lowest BCUT2D eigenvalue weighted by molar-refractivity contribution is 0.556. The molecular weight excluding hydrogens is 294 g/mol. The Labute approximate surface area is 126 Å². The van der Waals surface area contributed by atoms with E-state index in [-0.39, 0.29) is 0 Å². The van der Waals surface area contributed by atoms with E-state index in [9.17, 15) is 8.42 Å². The first-order valence-electron chi connectivity index (χ1n) is 6.49. The molecule has 0 fully saturated rings. The lowest BCUT2D eigenvalue weighted by Gasteiger charge is -2.12. The van der Waals surface area contributed by atoms with Crippen molar-refractivity contribution in [2.75, 3.05) is 11.0 Å². The fourth-order valence-corrected chi connectivity index (χ4v) is 2.74. The number of aryl methyl sites for hydroxylation is 1. The number of sulfonamides is 1. The second-order valence-electron chi connectivity index (χ2n) is 5.29. The third-order valence-corrected chi connectivity index (χ3v) is 3.81. The molecule has 0 bridgehead atoms. The molecule has 0 saturated carbocycles. The molecule has 1 N–H and O–H groups in total. The molecule has 0 atom stereocenters. The molecule has 0 spiro atoms. The van der Waals surface area contributed by atoms with Crippen LogP contribution in [0.4, 0.5) is 5.69 Å². The number of terminal acetylenes is 1. The maximum Gasteiger partial charge on any atom is 0.229 e. The molecule has 1 aromatic rings. The summed E-state index contributed by atoms with van der Waals surface area (Å²) >= 11 is 6.20. The average molecular weight is 314 g/mol. The zero-order valence-electron chi connectivity index (χ0n) is 12.0. The highest BCUT2D eigenvalue weighted by Crippen LogP contribution is 2.27. The van der Waals surface area contributed by atoms with Crippen LogP contribution in [-0.2, 0) is 16.4 Å². The van der Waals surface area contributed by atoms with Gasteiger partial charge in [-0.2, -0.15) is 0 Å². The van der Waals surface area contributed by atoms with Crippen LogP contribution in [0.1, 0.15) is 37.8 Å². The summed E-state index contributed by atoms with van der Waals surface area (Å²) in [6.45, 7) is 4.35. The Hall–Kier alpha value is -1.18. The smallest absolute Gasteiger partial charge is 0.229 e. The van der Waals surface area contributed by atoms with Gasteiger partial charge in [0.1, 0.15) is 0 Å². The molecule has 0 aliphatic rings. The number of hydrogen-bond donors (Lipinski definition) is 1. The van der Waals surface area contributed by atoms with Crippen LogP contribution in [0.2, 0.25) is 5.02 Å². The predicted octanol–water partition coefficient (Wildman–Crippen LogP) is 3.67. The van der Waals surface area contributed by atoms with Gasteiger partial charge in [0, 0.05) is 10.6 Å². The van der Waals surface area contributed by atoms with Crippen molar-refractivity contribution < 1.29 is 8.42 Å². The molecule has 0 heterocycles. The fourth-order valence-electron chi connectivity index (χ4n) is 1.91. The Morgan fingerprint density at radius 1 is 1.40 bits per heavy atom. The molecule has 20 heavy (non-hydrogen) atoms. The molecule has 0 amide bonds. The van der Waals surface area contributed by atoms with Crippen molar-refractivity contribution in [3.05, 3.63) is 28.3 Å². The van der Waals surface area contributed by atoms with Crippen molar-refractivity contribution in [1.82, 2.24) is 0 Å². The van der Waals surface area contributed by atoms with Crippen LogP contribution in [-0.4, -0.2) is 14.7 Å². The van der Waals surface area contributed by atoms with Crippen LogP contribution >= 0.6 is 11.6 Å². The van der Waals surface area contributed by atoms with Crippen LogP contribution < -0.4 is 4.72 Å². The van der Waals surface area contributed by atoms with Crippen molar-refractivity contribution in [3.63, 3.8) is 0 Å². The maximum absolute atomic E-state index is 11.3. The molecular formula is C15H20ClNO2S. The summed E-state index contributed by atoms with van der Waals surface area (Å²) in [4.78, 5) is 0. The highest BCUT2D eigenvalue weighted by atomic mass is 35.5. The minimum Gasteiger partial charge on any atom is -0.282 e. The molecule has 0 saturated heterocycles. The minimum atomic E-state index is -3.37. The van der Waals surface area contributed by atoms with Gasteiger partial charge in [-0.15, -0.1) is 6.42 Å². The number of nitrogens with one attached hydrogen (secondary N) is 1. The third kappa shape index (κ3) is 5.44. The van der Waals surface area contributed by atoms with Crippen molar-refractivity contribution in [1.29, 1.82) is 0 Å². The molecule has 1 aromatic carbocycles. The van der Waals surface area contributed by atoms with Gasteiger partial charge in [-0.05, 0) is 36.5 Å². The quantitative estimate of drug-likeness (QED) is 0.814. The molecule has 0 aliphatic heterocycles. The van der Waals surface area contributed by atoms with Gasteiger partial charge >= 0.3 is 0 Å². The van der Waals surface area contributed by atoms with Gasteiger partial charge in [0.2, 0.25) is 10.0 Å². The van der Waals surface area contributed by atoms with Crippen molar-refractivity contribution in [2.24, 2.45) is 5.92 Å². The van der Waals surface area contributed by atoms with Gasteiger partial charge in [-0.3, -0.25) is 4.72 Å². The molecule has 0 aliphatic carbocycles. The Morgan fingerprint density at radius 3 is 2.55 bits per heavy atom. The second kappa shape index (κ2) is 7.01. The predicted molar refractivity (Wildman–Crippen MR) is 85.6 cm³/mol. The Bertz CT molecular complexity index is 615. The second-order valence-corrected chi connectivity index (χ2v) is 7.45. The SMILES string of the molecule is C#Cc1cc(CCCC(C)C)c(Cl)cc1NS(C)(=O)=O. The van der Waals surface area contributed by atoms with Gasteiger partial charge < -0.3 is 0 Å². The number of rotatable bonds is 6. The maximum atomic E-state index is 11.3. The Kier molecular flexibility index (Phi) is 5.91. The number of halogens is 1.